The molecule has 1 aromatic rings. The number of carbonyl (C=O) groups is 1. The quantitative estimate of drug-likeness (QED) is 0.861. The number of alkyl halides is 3. The molecule has 1 N–H and O–H groups in total. The maximum absolute atomic E-state index is 12.7. The van der Waals surface area contributed by atoms with Gasteiger partial charge in [-0.25, -0.2) is 8.98 Å². The van der Waals surface area contributed by atoms with E-state index in [1.807, 2.05) is 0 Å². The van der Waals surface area contributed by atoms with Gasteiger partial charge in [0.05, 0.1) is 4.90 Å². The summed E-state index contributed by atoms with van der Waals surface area (Å²) in [5, 5.41) is 8.61. The number of hydrogen-bond acceptors (Lipinski definition) is 4. The van der Waals surface area contributed by atoms with Crippen LogP contribution in [-0.4, -0.2) is 31.3 Å². The number of benzene rings is 1. The number of aliphatic carboxylic acids is 1. The molecule has 1 aromatic carbocycles. The minimum atomic E-state index is -5.39. The Morgan fingerprint density at radius 2 is 1.65 bits per heavy atom. The summed E-state index contributed by atoms with van der Waals surface area (Å²) in [4.78, 5) is 10.2. The Hall–Kier alpha value is -1.61. The van der Waals surface area contributed by atoms with Gasteiger partial charge in [0.25, 0.3) is 15.7 Å². The molecule has 0 aromatic heterocycles. The summed E-state index contributed by atoms with van der Waals surface area (Å²) in [6.45, 7) is 1.79. The first-order chi connectivity index (χ1) is 8.90. The summed E-state index contributed by atoms with van der Waals surface area (Å²) in [7, 11) is -4.86. The Kier molecular flexibility index (Phi) is 4.16. The highest BCUT2D eigenvalue weighted by molar-refractivity contribution is 7.86. The SMILES string of the molecule is Cc1ccc(S(=O)(=O)OC(C)(C(=O)O)C(F)(F)F)cc1. The van der Waals surface area contributed by atoms with Crippen LogP contribution in [0.3, 0.4) is 0 Å². The van der Waals surface area contributed by atoms with Crippen molar-refractivity contribution in [3.8, 4) is 0 Å². The molecule has 112 valence electrons. The highest BCUT2D eigenvalue weighted by Gasteiger charge is 2.61. The summed E-state index contributed by atoms with van der Waals surface area (Å²) < 4.78 is 65.5. The Morgan fingerprint density at radius 3 is 2.00 bits per heavy atom. The molecule has 0 aliphatic carbocycles. The average molecular weight is 312 g/mol. The van der Waals surface area contributed by atoms with Crippen molar-refractivity contribution in [3.05, 3.63) is 29.8 Å². The Morgan fingerprint density at radius 1 is 1.20 bits per heavy atom. The topological polar surface area (TPSA) is 80.7 Å². The molecule has 0 amide bonds. The molecule has 0 fully saturated rings. The molecule has 0 aliphatic heterocycles. The zero-order chi connectivity index (χ0) is 15.8. The molecular formula is C11H11F3O5S. The molecule has 0 radical (unpaired) electrons. The molecule has 1 unspecified atom stereocenters. The van der Waals surface area contributed by atoms with Gasteiger partial charge < -0.3 is 5.11 Å². The number of aryl methyl sites for hydroxylation is 1. The van der Waals surface area contributed by atoms with Crippen LogP contribution in [0.15, 0.2) is 29.2 Å². The van der Waals surface area contributed by atoms with E-state index in [1.165, 1.54) is 12.1 Å². The van der Waals surface area contributed by atoms with Crippen LogP contribution in [0.4, 0.5) is 13.2 Å². The molecule has 1 atom stereocenters. The fourth-order valence-corrected chi connectivity index (χ4v) is 2.35. The summed E-state index contributed by atoms with van der Waals surface area (Å²) in [6, 6.07) is 4.76. The standard InChI is InChI=1S/C11H11F3O5S/c1-7-3-5-8(6-4-7)20(17,18)19-10(2,9(15)16)11(12,13)14/h3-6H,1-2H3,(H,15,16). The normalized spacial score (nSPS) is 15.7. The van der Waals surface area contributed by atoms with Gasteiger partial charge in [0.2, 0.25) is 0 Å². The number of rotatable bonds is 4. The Balaban J connectivity index is 3.24. The van der Waals surface area contributed by atoms with Crippen molar-refractivity contribution >= 4 is 16.1 Å². The zero-order valence-electron chi connectivity index (χ0n) is 10.4. The molecule has 1 rings (SSSR count). The highest BCUT2D eigenvalue weighted by atomic mass is 32.2. The second-order valence-corrected chi connectivity index (χ2v) is 5.73. The van der Waals surface area contributed by atoms with Crippen LogP contribution < -0.4 is 0 Å². The van der Waals surface area contributed by atoms with Crippen molar-refractivity contribution in [2.45, 2.75) is 30.5 Å². The first kappa shape index (κ1) is 16.4. The molecule has 0 bridgehead atoms. The summed E-state index contributed by atoms with van der Waals surface area (Å²) >= 11 is 0. The van der Waals surface area contributed by atoms with Crippen LogP contribution >= 0.6 is 0 Å². The summed E-state index contributed by atoms with van der Waals surface area (Å²) in [5.74, 6) is -2.44. The number of halogens is 3. The summed E-state index contributed by atoms with van der Waals surface area (Å²) in [5.41, 5.74) is -3.17. The summed E-state index contributed by atoms with van der Waals surface area (Å²) in [6.07, 6.45) is -5.39. The predicted octanol–water partition coefficient (Wildman–Crippen LogP) is 2.11. The van der Waals surface area contributed by atoms with Gasteiger partial charge in [-0.1, -0.05) is 17.7 Å². The van der Waals surface area contributed by atoms with E-state index in [9.17, 15) is 26.4 Å². The lowest BCUT2D eigenvalue weighted by atomic mass is 10.1. The van der Waals surface area contributed by atoms with Crippen LogP contribution in [0.2, 0.25) is 0 Å². The first-order valence-electron chi connectivity index (χ1n) is 5.22. The van der Waals surface area contributed by atoms with Gasteiger partial charge in [0, 0.05) is 0 Å². The first-order valence-corrected chi connectivity index (χ1v) is 6.63. The number of carboxylic acids is 1. The van der Waals surface area contributed by atoms with Gasteiger partial charge in [-0.05, 0) is 26.0 Å². The predicted molar refractivity (Wildman–Crippen MR) is 61.5 cm³/mol. The Bertz CT molecular complexity index is 606. The smallest absolute Gasteiger partial charge is 0.429 e. The zero-order valence-corrected chi connectivity index (χ0v) is 11.2. The van der Waals surface area contributed by atoms with Gasteiger partial charge >= 0.3 is 12.1 Å². The van der Waals surface area contributed by atoms with E-state index in [0.717, 1.165) is 12.1 Å². The fourth-order valence-electron chi connectivity index (χ4n) is 1.18. The van der Waals surface area contributed by atoms with Crippen molar-refractivity contribution in [1.82, 2.24) is 0 Å². The van der Waals surface area contributed by atoms with Crippen LogP contribution in [0.1, 0.15) is 12.5 Å². The van der Waals surface area contributed by atoms with Crippen LogP contribution in [0, 0.1) is 6.92 Å². The molecular weight excluding hydrogens is 301 g/mol. The average Bonchev–Trinajstić information content (AvgIpc) is 2.27. The molecule has 0 saturated heterocycles. The van der Waals surface area contributed by atoms with Crippen LogP contribution in [0.25, 0.3) is 0 Å². The van der Waals surface area contributed by atoms with E-state index in [-0.39, 0.29) is 6.92 Å². The van der Waals surface area contributed by atoms with Gasteiger partial charge in [0.1, 0.15) is 0 Å². The molecule has 0 aliphatic rings. The van der Waals surface area contributed by atoms with E-state index in [1.54, 1.807) is 6.92 Å². The van der Waals surface area contributed by atoms with E-state index >= 15 is 0 Å². The highest BCUT2D eigenvalue weighted by Crippen LogP contribution is 2.36. The van der Waals surface area contributed by atoms with Crippen LogP contribution in [-0.2, 0) is 19.1 Å². The Labute approximate surface area is 113 Å². The lowest BCUT2D eigenvalue weighted by Gasteiger charge is -2.26. The molecule has 0 spiro atoms. The minimum Gasteiger partial charge on any atom is -0.479 e. The largest absolute Gasteiger partial charge is 0.479 e. The number of carboxylic acid groups (broad SMARTS) is 1. The molecule has 0 saturated carbocycles. The second-order valence-electron chi connectivity index (χ2n) is 4.19. The molecule has 9 heteroatoms. The minimum absolute atomic E-state index is 0.140. The number of hydrogen-bond donors (Lipinski definition) is 1. The van der Waals surface area contributed by atoms with Crippen LogP contribution in [0.5, 0.6) is 0 Å². The lowest BCUT2D eigenvalue weighted by molar-refractivity contribution is -0.243. The van der Waals surface area contributed by atoms with Crippen molar-refractivity contribution in [2.75, 3.05) is 0 Å². The monoisotopic (exact) mass is 312 g/mol. The van der Waals surface area contributed by atoms with Crippen molar-refractivity contribution in [2.24, 2.45) is 0 Å². The molecule has 0 heterocycles. The maximum atomic E-state index is 12.7. The van der Waals surface area contributed by atoms with Gasteiger partial charge in [-0.15, -0.1) is 0 Å². The lowest BCUT2D eigenvalue weighted by Crippen LogP contribution is -2.52. The van der Waals surface area contributed by atoms with Crippen molar-refractivity contribution in [1.29, 1.82) is 0 Å². The van der Waals surface area contributed by atoms with E-state index in [0.29, 0.717) is 5.56 Å². The second kappa shape index (κ2) is 5.06. The maximum Gasteiger partial charge on any atom is 0.429 e. The van der Waals surface area contributed by atoms with E-state index < -0.39 is 32.8 Å². The van der Waals surface area contributed by atoms with Crippen molar-refractivity contribution < 1.29 is 35.7 Å². The van der Waals surface area contributed by atoms with E-state index in [2.05, 4.69) is 4.18 Å². The fraction of sp³-hybridized carbons (Fsp3) is 0.364. The third-order valence-corrected chi connectivity index (χ3v) is 3.94. The molecule has 5 nitrogen and oxygen atoms in total. The van der Waals surface area contributed by atoms with Gasteiger partial charge in [0.15, 0.2) is 0 Å². The van der Waals surface area contributed by atoms with Crippen molar-refractivity contribution in [3.63, 3.8) is 0 Å². The third-order valence-electron chi connectivity index (χ3n) is 2.54. The van der Waals surface area contributed by atoms with E-state index in [4.69, 9.17) is 5.11 Å². The van der Waals surface area contributed by atoms with Gasteiger partial charge in [-0.3, -0.25) is 0 Å². The molecule has 20 heavy (non-hydrogen) atoms. The van der Waals surface area contributed by atoms with Gasteiger partial charge in [-0.2, -0.15) is 21.6 Å². The third kappa shape index (κ3) is 3.10.